The van der Waals surface area contributed by atoms with E-state index in [1.165, 1.54) is 0 Å². The molecule has 0 amide bonds. The summed E-state index contributed by atoms with van der Waals surface area (Å²) in [6.07, 6.45) is 1.05. The monoisotopic (exact) mass is 442 g/mol. The minimum Gasteiger partial charge on any atom is -0.462 e. The van der Waals surface area contributed by atoms with Crippen LogP contribution in [0.1, 0.15) is 31.8 Å². The molecule has 0 unspecified atom stereocenters. The zero-order valence-electron chi connectivity index (χ0n) is 16.1. The normalized spacial score (nSPS) is 10.5. The fourth-order valence-electron chi connectivity index (χ4n) is 2.90. The van der Waals surface area contributed by atoms with E-state index in [1.807, 2.05) is 36.4 Å². The maximum atomic E-state index is 12.5. The van der Waals surface area contributed by atoms with Gasteiger partial charge in [-0.3, -0.25) is 0 Å². The fraction of sp³-hybridized carbons (Fsp3) is 0.167. The van der Waals surface area contributed by atoms with Gasteiger partial charge < -0.3 is 9.47 Å². The van der Waals surface area contributed by atoms with E-state index < -0.39 is 11.9 Å². The highest BCUT2D eigenvalue weighted by molar-refractivity contribution is 6.30. The minimum absolute atomic E-state index is 0.177. The quantitative estimate of drug-likeness (QED) is 0.414. The van der Waals surface area contributed by atoms with Crippen LogP contribution < -0.4 is 0 Å². The summed E-state index contributed by atoms with van der Waals surface area (Å²) in [5, 5.41) is 1.26. The van der Waals surface area contributed by atoms with Crippen LogP contribution in [-0.2, 0) is 22.3 Å². The Morgan fingerprint density at radius 1 is 0.633 bits per heavy atom. The summed E-state index contributed by atoms with van der Waals surface area (Å²) >= 11 is 11.9. The molecule has 0 aromatic heterocycles. The molecule has 154 valence electrons. The molecular formula is C24H20Cl2O4. The Hall–Kier alpha value is -2.82. The second kappa shape index (κ2) is 10.8. The van der Waals surface area contributed by atoms with Crippen LogP contribution in [0.3, 0.4) is 0 Å². The first kappa shape index (κ1) is 21.9. The molecule has 0 fully saturated rings. The van der Waals surface area contributed by atoms with Crippen LogP contribution in [0, 0.1) is 0 Å². The average molecular weight is 443 g/mol. The van der Waals surface area contributed by atoms with Gasteiger partial charge in [-0.25, -0.2) is 9.59 Å². The molecule has 0 aliphatic carbocycles. The third-order valence-corrected chi connectivity index (χ3v) is 4.86. The minimum atomic E-state index is -0.570. The van der Waals surface area contributed by atoms with E-state index in [0.29, 0.717) is 22.9 Å². The van der Waals surface area contributed by atoms with Crippen molar-refractivity contribution < 1.29 is 19.1 Å². The summed E-state index contributed by atoms with van der Waals surface area (Å²) in [5.41, 5.74) is 2.28. The zero-order chi connectivity index (χ0) is 21.3. The molecule has 30 heavy (non-hydrogen) atoms. The Balaban J connectivity index is 1.56. The van der Waals surface area contributed by atoms with Crippen LogP contribution >= 0.6 is 23.2 Å². The van der Waals surface area contributed by atoms with Gasteiger partial charge in [0.05, 0.1) is 24.3 Å². The lowest BCUT2D eigenvalue weighted by Gasteiger charge is -2.10. The largest absolute Gasteiger partial charge is 0.462 e. The highest BCUT2D eigenvalue weighted by Gasteiger charge is 2.19. The molecule has 0 radical (unpaired) electrons. The highest BCUT2D eigenvalue weighted by atomic mass is 35.5. The third kappa shape index (κ3) is 6.34. The maximum absolute atomic E-state index is 12.5. The molecule has 0 heterocycles. The summed E-state index contributed by atoms with van der Waals surface area (Å²) in [4.78, 5) is 25.0. The number of esters is 2. The Morgan fingerprint density at radius 2 is 1.07 bits per heavy atom. The molecule has 3 rings (SSSR count). The molecule has 3 aromatic rings. The second-order valence-electron chi connectivity index (χ2n) is 6.58. The van der Waals surface area contributed by atoms with Crippen LogP contribution in [0.2, 0.25) is 10.0 Å². The predicted molar refractivity (Wildman–Crippen MR) is 117 cm³/mol. The van der Waals surface area contributed by atoms with Crippen molar-refractivity contribution in [2.45, 2.75) is 12.8 Å². The summed E-state index contributed by atoms with van der Waals surface area (Å²) < 4.78 is 10.7. The Labute approximate surface area is 185 Å². The van der Waals surface area contributed by atoms with Gasteiger partial charge in [-0.15, -0.1) is 0 Å². The number of halogens is 2. The van der Waals surface area contributed by atoms with E-state index in [9.17, 15) is 9.59 Å². The lowest BCUT2D eigenvalue weighted by Crippen LogP contribution is -2.16. The van der Waals surface area contributed by atoms with E-state index in [2.05, 4.69) is 0 Å². The van der Waals surface area contributed by atoms with Gasteiger partial charge in [0.15, 0.2) is 0 Å². The van der Waals surface area contributed by atoms with Crippen LogP contribution in [0.5, 0.6) is 0 Å². The molecule has 0 spiro atoms. The molecule has 0 atom stereocenters. The second-order valence-corrected chi connectivity index (χ2v) is 7.45. The summed E-state index contributed by atoms with van der Waals surface area (Å²) in [6, 6.07) is 21.2. The fourth-order valence-corrected chi connectivity index (χ4v) is 3.33. The highest BCUT2D eigenvalue weighted by Crippen LogP contribution is 2.15. The van der Waals surface area contributed by atoms with Gasteiger partial charge in [0, 0.05) is 22.9 Å². The Kier molecular flexibility index (Phi) is 7.89. The van der Waals surface area contributed by atoms with Gasteiger partial charge >= 0.3 is 11.9 Å². The van der Waals surface area contributed by atoms with Gasteiger partial charge in [-0.2, -0.15) is 0 Å². The topological polar surface area (TPSA) is 52.6 Å². The number of hydrogen-bond acceptors (Lipinski definition) is 4. The van der Waals surface area contributed by atoms with Gasteiger partial charge in [-0.05, 0) is 47.5 Å². The molecule has 0 aliphatic rings. The lowest BCUT2D eigenvalue weighted by molar-refractivity contribution is 0.0462. The molecule has 0 saturated heterocycles. The number of carbonyl (C=O) groups excluding carboxylic acids is 2. The zero-order valence-corrected chi connectivity index (χ0v) is 17.7. The van der Waals surface area contributed by atoms with Crippen LogP contribution in [-0.4, -0.2) is 25.2 Å². The summed E-state index contributed by atoms with van der Waals surface area (Å²) in [5.74, 6) is -1.14. The molecule has 3 aromatic carbocycles. The molecule has 0 aliphatic heterocycles. The van der Waals surface area contributed by atoms with Gasteiger partial charge in [0.2, 0.25) is 0 Å². The summed E-state index contributed by atoms with van der Waals surface area (Å²) in [7, 11) is 0. The number of ether oxygens (including phenoxy) is 2. The van der Waals surface area contributed by atoms with Crippen molar-refractivity contribution in [3.8, 4) is 0 Å². The maximum Gasteiger partial charge on any atom is 0.339 e. The molecule has 0 saturated carbocycles. The van der Waals surface area contributed by atoms with E-state index in [-0.39, 0.29) is 24.3 Å². The molecule has 4 nitrogen and oxygen atoms in total. The average Bonchev–Trinajstić information content (AvgIpc) is 2.74. The van der Waals surface area contributed by atoms with E-state index >= 15 is 0 Å². The van der Waals surface area contributed by atoms with Crippen molar-refractivity contribution in [3.63, 3.8) is 0 Å². The number of rotatable bonds is 8. The number of benzene rings is 3. The van der Waals surface area contributed by atoms with Gasteiger partial charge in [0.1, 0.15) is 0 Å². The van der Waals surface area contributed by atoms with Crippen molar-refractivity contribution in [1.29, 1.82) is 0 Å². The molecule has 6 heteroatoms. The van der Waals surface area contributed by atoms with Crippen molar-refractivity contribution in [1.82, 2.24) is 0 Å². The first-order valence-corrected chi connectivity index (χ1v) is 10.2. The molecule has 0 bridgehead atoms. The van der Waals surface area contributed by atoms with E-state index in [0.717, 1.165) is 11.1 Å². The van der Waals surface area contributed by atoms with Crippen LogP contribution in [0.4, 0.5) is 0 Å². The lowest BCUT2D eigenvalue weighted by atomic mass is 10.1. The molecular weight excluding hydrogens is 423 g/mol. The Bertz CT molecular complexity index is 950. The van der Waals surface area contributed by atoms with Gasteiger partial charge in [0.25, 0.3) is 0 Å². The van der Waals surface area contributed by atoms with Crippen molar-refractivity contribution in [2.24, 2.45) is 0 Å². The van der Waals surface area contributed by atoms with E-state index in [4.69, 9.17) is 32.7 Å². The molecule has 0 N–H and O–H groups in total. The van der Waals surface area contributed by atoms with Crippen molar-refractivity contribution in [3.05, 3.63) is 105 Å². The van der Waals surface area contributed by atoms with Crippen LogP contribution in [0.25, 0.3) is 0 Å². The number of hydrogen-bond donors (Lipinski definition) is 0. The SMILES string of the molecule is O=C(OCCc1cccc(Cl)c1)c1ccccc1C(=O)OCCc1cccc(Cl)c1. The van der Waals surface area contributed by atoms with Crippen molar-refractivity contribution in [2.75, 3.05) is 13.2 Å². The smallest absolute Gasteiger partial charge is 0.339 e. The predicted octanol–water partition coefficient (Wildman–Crippen LogP) is 5.79. The first-order valence-electron chi connectivity index (χ1n) is 9.45. The van der Waals surface area contributed by atoms with Crippen molar-refractivity contribution >= 4 is 35.1 Å². The van der Waals surface area contributed by atoms with E-state index in [1.54, 1.807) is 36.4 Å². The van der Waals surface area contributed by atoms with Crippen LogP contribution in [0.15, 0.2) is 72.8 Å². The Morgan fingerprint density at radius 3 is 1.47 bits per heavy atom. The van der Waals surface area contributed by atoms with Gasteiger partial charge in [-0.1, -0.05) is 59.6 Å². The first-order chi connectivity index (χ1) is 14.5. The standard InChI is InChI=1S/C24H20Cl2O4/c25-19-7-3-5-17(15-19)11-13-29-23(27)21-9-1-2-10-22(21)24(28)30-14-12-18-6-4-8-20(26)16-18/h1-10,15-16H,11-14H2. The number of carbonyl (C=O) groups is 2. The summed E-state index contributed by atoms with van der Waals surface area (Å²) in [6.45, 7) is 0.356. The third-order valence-electron chi connectivity index (χ3n) is 4.39.